The molecule has 1 aliphatic rings. The summed E-state index contributed by atoms with van der Waals surface area (Å²) in [5, 5.41) is 7.87. The highest BCUT2D eigenvalue weighted by Gasteiger charge is 2.29. The van der Waals surface area contributed by atoms with Crippen molar-refractivity contribution in [2.75, 3.05) is 6.54 Å². The molecule has 4 aromatic rings. The molecule has 5 rings (SSSR count). The number of hydrogen-bond acceptors (Lipinski definition) is 1. The van der Waals surface area contributed by atoms with Crippen LogP contribution in [0.1, 0.15) is 41.3 Å². The predicted octanol–water partition coefficient (Wildman–Crippen LogP) is 5.62. The van der Waals surface area contributed by atoms with Gasteiger partial charge in [-0.25, -0.2) is 0 Å². The van der Waals surface area contributed by atoms with Gasteiger partial charge in [-0.15, -0.1) is 0 Å². The summed E-state index contributed by atoms with van der Waals surface area (Å²) in [5.74, 6) is 0.398. The van der Waals surface area contributed by atoms with E-state index in [9.17, 15) is 0 Å². The molecule has 0 amide bonds. The highest BCUT2D eigenvalue weighted by molar-refractivity contribution is 5.87. The zero-order chi connectivity index (χ0) is 17.7. The fourth-order valence-electron chi connectivity index (χ4n) is 4.63. The number of fused-ring (bicyclic) bond motifs is 4. The fraction of sp³-hybridized carbons (Fsp3) is 0.250. The monoisotopic (exact) mass is 340 g/mol. The number of aromatic amines is 1. The van der Waals surface area contributed by atoms with Gasteiger partial charge < -0.3 is 10.3 Å². The van der Waals surface area contributed by atoms with Crippen molar-refractivity contribution < 1.29 is 0 Å². The second-order valence-corrected chi connectivity index (χ2v) is 7.61. The van der Waals surface area contributed by atoms with Crippen LogP contribution in [0.2, 0.25) is 0 Å². The standard InChI is InChI=1S/C24H24N2/c1-15-10-11-22-21(14-15)20-12-13-25-23(24(20)26-22)16(2)18-9-5-7-17-6-3-4-8-19(17)18/h3-11,14,16,23,25-26H,12-13H2,1-2H3/t16?,23-/m0/s1. The number of benzene rings is 3. The van der Waals surface area contributed by atoms with Crippen LogP contribution < -0.4 is 5.32 Å². The van der Waals surface area contributed by atoms with E-state index in [4.69, 9.17) is 0 Å². The number of hydrogen-bond donors (Lipinski definition) is 2. The van der Waals surface area contributed by atoms with Gasteiger partial charge in [0, 0.05) is 22.5 Å². The van der Waals surface area contributed by atoms with Gasteiger partial charge in [-0.3, -0.25) is 0 Å². The van der Waals surface area contributed by atoms with Crippen LogP contribution in [-0.4, -0.2) is 11.5 Å². The smallest absolute Gasteiger partial charge is 0.0543 e. The molecule has 0 radical (unpaired) electrons. The molecule has 0 bridgehead atoms. The quantitative estimate of drug-likeness (QED) is 0.487. The molecule has 2 heterocycles. The van der Waals surface area contributed by atoms with Crippen molar-refractivity contribution in [3.05, 3.63) is 83.0 Å². The minimum Gasteiger partial charge on any atom is -0.357 e. The molecule has 1 aliphatic heterocycles. The number of rotatable bonds is 2. The lowest BCUT2D eigenvalue weighted by atomic mass is 9.84. The summed E-state index contributed by atoms with van der Waals surface area (Å²) in [5.41, 5.74) is 6.89. The zero-order valence-corrected chi connectivity index (χ0v) is 15.3. The second-order valence-electron chi connectivity index (χ2n) is 7.61. The zero-order valence-electron chi connectivity index (χ0n) is 15.3. The average Bonchev–Trinajstić information content (AvgIpc) is 3.05. The summed E-state index contributed by atoms with van der Waals surface area (Å²) in [4.78, 5) is 3.73. The summed E-state index contributed by atoms with van der Waals surface area (Å²) in [6, 6.07) is 22.5. The molecule has 0 saturated carbocycles. The third-order valence-corrected chi connectivity index (χ3v) is 5.96. The van der Waals surface area contributed by atoms with E-state index in [1.165, 1.54) is 44.1 Å². The molecule has 2 atom stereocenters. The molecule has 0 spiro atoms. The summed E-state index contributed by atoms with van der Waals surface area (Å²) in [6.45, 7) is 5.56. The molecule has 3 aromatic carbocycles. The molecular weight excluding hydrogens is 316 g/mol. The van der Waals surface area contributed by atoms with Crippen molar-refractivity contribution in [2.24, 2.45) is 0 Å². The van der Waals surface area contributed by atoms with Gasteiger partial charge in [-0.2, -0.15) is 0 Å². The minimum atomic E-state index is 0.317. The third kappa shape index (κ3) is 2.37. The van der Waals surface area contributed by atoms with Crippen molar-refractivity contribution in [1.82, 2.24) is 10.3 Å². The van der Waals surface area contributed by atoms with E-state index in [1.807, 2.05) is 0 Å². The van der Waals surface area contributed by atoms with Crippen LogP contribution in [0.15, 0.2) is 60.7 Å². The fourth-order valence-corrected chi connectivity index (χ4v) is 4.63. The first-order valence-electron chi connectivity index (χ1n) is 9.54. The largest absolute Gasteiger partial charge is 0.357 e. The van der Waals surface area contributed by atoms with E-state index in [2.05, 4.69) is 84.8 Å². The van der Waals surface area contributed by atoms with Crippen LogP contribution in [0.3, 0.4) is 0 Å². The molecule has 0 aliphatic carbocycles. The van der Waals surface area contributed by atoms with Gasteiger partial charge in [0.25, 0.3) is 0 Å². The number of aromatic nitrogens is 1. The summed E-state index contributed by atoms with van der Waals surface area (Å²) >= 11 is 0. The Kier molecular flexibility index (Phi) is 3.61. The Hall–Kier alpha value is -2.58. The van der Waals surface area contributed by atoms with Crippen LogP contribution >= 0.6 is 0 Å². The van der Waals surface area contributed by atoms with Gasteiger partial charge in [-0.1, -0.05) is 61.0 Å². The van der Waals surface area contributed by atoms with Crippen LogP contribution in [0.4, 0.5) is 0 Å². The average molecular weight is 340 g/mol. The molecule has 0 saturated heterocycles. The Labute approximate surface area is 154 Å². The molecule has 130 valence electrons. The maximum Gasteiger partial charge on any atom is 0.0543 e. The van der Waals surface area contributed by atoms with E-state index < -0.39 is 0 Å². The molecule has 0 fully saturated rings. The first kappa shape index (κ1) is 15.7. The molecular formula is C24H24N2. The first-order chi connectivity index (χ1) is 12.7. The van der Waals surface area contributed by atoms with Crippen molar-refractivity contribution in [3.8, 4) is 0 Å². The molecule has 2 nitrogen and oxygen atoms in total. The Morgan fingerprint density at radius 3 is 2.73 bits per heavy atom. The van der Waals surface area contributed by atoms with Crippen LogP contribution in [-0.2, 0) is 6.42 Å². The van der Waals surface area contributed by atoms with Crippen molar-refractivity contribution in [1.29, 1.82) is 0 Å². The first-order valence-corrected chi connectivity index (χ1v) is 9.54. The van der Waals surface area contributed by atoms with E-state index in [1.54, 1.807) is 0 Å². The predicted molar refractivity (Wildman–Crippen MR) is 110 cm³/mol. The van der Waals surface area contributed by atoms with Gasteiger partial charge in [0.15, 0.2) is 0 Å². The van der Waals surface area contributed by atoms with Crippen molar-refractivity contribution in [3.63, 3.8) is 0 Å². The Morgan fingerprint density at radius 2 is 1.81 bits per heavy atom. The highest BCUT2D eigenvalue weighted by Crippen LogP contribution is 2.39. The SMILES string of the molecule is Cc1ccc2[nH]c3c(c2c1)CCN[C@H]3C(C)c1cccc2ccccc12. The van der Waals surface area contributed by atoms with Crippen molar-refractivity contribution in [2.45, 2.75) is 32.2 Å². The van der Waals surface area contributed by atoms with Crippen LogP contribution in [0.25, 0.3) is 21.7 Å². The molecule has 26 heavy (non-hydrogen) atoms. The molecule has 2 N–H and O–H groups in total. The van der Waals surface area contributed by atoms with E-state index in [-0.39, 0.29) is 0 Å². The lowest BCUT2D eigenvalue weighted by Crippen LogP contribution is -2.33. The van der Waals surface area contributed by atoms with Gasteiger partial charge in [0.1, 0.15) is 0 Å². The number of aryl methyl sites for hydroxylation is 1. The van der Waals surface area contributed by atoms with Gasteiger partial charge in [-0.05, 0) is 53.9 Å². The van der Waals surface area contributed by atoms with Gasteiger partial charge in [0.05, 0.1) is 6.04 Å². The molecule has 1 aromatic heterocycles. The lowest BCUT2D eigenvalue weighted by molar-refractivity contribution is 0.440. The third-order valence-electron chi connectivity index (χ3n) is 5.96. The summed E-state index contributed by atoms with van der Waals surface area (Å²) in [6.07, 6.45) is 1.09. The van der Waals surface area contributed by atoms with E-state index in [0.29, 0.717) is 12.0 Å². The summed E-state index contributed by atoms with van der Waals surface area (Å²) in [7, 11) is 0. The topological polar surface area (TPSA) is 27.8 Å². The second kappa shape index (κ2) is 6.00. The number of nitrogens with one attached hydrogen (secondary N) is 2. The normalized spacial score (nSPS) is 18.2. The maximum atomic E-state index is 3.78. The number of H-pyrrole nitrogens is 1. The van der Waals surface area contributed by atoms with Crippen LogP contribution in [0.5, 0.6) is 0 Å². The van der Waals surface area contributed by atoms with Gasteiger partial charge in [0.2, 0.25) is 0 Å². The lowest BCUT2D eigenvalue weighted by Gasteiger charge is -2.30. The van der Waals surface area contributed by atoms with E-state index >= 15 is 0 Å². The molecule has 2 heteroatoms. The highest BCUT2D eigenvalue weighted by atomic mass is 15.0. The summed E-state index contributed by atoms with van der Waals surface area (Å²) < 4.78 is 0. The van der Waals surface area contributed by atoms with E-state index in [0.717, 1.165) is 13.0 Å². The maximum absolute atomic E-state index is 3.78. The molecule has 1 unspecified atom stereocenters. The Bertz CT molecular complexity index is 1100. The van der Waals surface area contributed by atoms with Crippen LogP contribution in [0, 0.1) is 6.92 Å². The minimum absolute atomic E-state index is 0.317. The van der Waals surface area contributed by atoms with Gasteiger partial charge >= 0.3 is 0 Å². The van der Waals surface area contributed by atoms with Crippen molar-refractivity contribution >= 4 is 21.7 Å². The Balaban J connectivity index is 1.64. The Morgan fingerprint density at radius 1 is 0.962 bits per heavy atom.